The lowest BCUT2D eigenvalue weighted by atomic mass is 9.98. The predicted molar refractivity (Wildman–Crippen MR) is 67.4 cm³/mol. The second-order valence-electron chi connectivity index (χ2n) is 4.42. The first kappa shape index (κ1) is 14.0. The summed E-state index contributed by atoms with van der Waals surface area (Å²) in [6.45, 7) is 4.53. The molecule has 0 saturated carbocycles. The van der Waals surface area contributed by atoms with Gasteiger partial charge in [0, 0.05) is 21.0 Å². The van der Waals surface area contributed by atoms with Gasteiger partial charge >= 0.3 is 0 Å². The highest BCUT2D eigenvalue weighted by molar-refractivity contribution is 8.13. The molecule has 1 aromatic rings. The Morgan fingerprint density at radius 2 is 2.19 bits per heavy atom. The number of thiophene rings is 1. The molecule has 92 valence electrons. The van der Waals surface area contributed by atoms with Gasteiger partial charge in [0.1, 0.15) is 0 Å². The topological polar surface area (TPSA) is 43.4 Å². The van der Waals surface area contributed by atoms with Gasteiger partial charge in [-0.15, -0.1) is 11.3 Å². The summed E-state index contributed by atoms with van der Waals surface area (Å²) >= 11 is 1.62. The Labute approximate surface area is 105 Å². The molecule has 0 radical (unpaired) electrons. The molecule has 1 heterocycles. The number of halogens is 1. The molecule has 0 aliphatic rings. The summed E-state index contributed by atoms with van der Waals surface area (Å²) in [4.78, 5) is 1.13. The van der Waals surface area contributed by atoms with Gasteiger partial charge in [-0.2, -0.15) is 0 Å². The van der Waals surface area contributed by atoms with Crippen molar-refractivity contribution in [2.24, 2.45) is 5.41 Å². The molecule has 0 bridgehead atoms. The van der Waals surface area contributed by atoms with E-state index in [9.17, 15) is 8.42 Å². The van der Waals surface area contributed by atoms with Crippen LogP contribution in [0.25, 0.3) is 0 Å². The van der Waals surface area contributed by atoms with Gasteiger partial charge < -0.3 is 4.74 Å². The average Bonchev–Trinajstić information content (AvgIpc) is 2.51. The maximum Gasteiger partial charge on any atom is 0.233 e. The van der Waals surface area contributed by atoms with Gasteiger partial charge in [-0.25, -0.2) is 8.42 Å². The van der Waals surface area contributed by atoms with Crippen LogP contribution in [0.5, 0.6) is 0 Å². The van der Waals surface area contributed by atoms with Gasteiger partial charge in [-0.1, -0.05) is 19.9 Å². The van der Waals surface area contributed by atoms with Crippen LogP contribution in [0, 0.1) is 5.41 Å². The van der Waals surface area contributed by atoms with E-state index < -0.39 is 14.5 Å². The van der Waals surface area contributed by atoms with Crippen molar-refractivity contribution in [2.75, 3.05) is 12.4 Å². The Hall–Kier alpha value is -0.100. The highest BCUT2D eigenvalue weighted by Crippen LogP contribution is 2.21. The third kappa shape index (κ3) is 5.84. The fraction of sp³-hybridized carbons (Fsp3) is 0.600. The van der Waals surface area contributed by atoms with Crippen molar-refractivity contribution in [2.45, 2.75) is 20.5 Å². The summed E-state index contributed by atoms with van der Waals surface area (Å²) in [6.07, 6.45) is 0. The standard InChI is InChI=1S/C10H15ClO3S2/c1-10(2,8-16(11,12)13)7-14-6-9-4-3-5-15-9/h3-5H,6-8H2,1-2H3. The smallest absolute Gasteiger partial charge is 0.233 e. The van der Waals surface area contributed by atoms with Crippen molar-refractivity contribution >= 4 is 31.1 Å². The lowest BCUT2D eigenvalue weighted by Gasteiger charge is -2.22. The van der Waals surface area contributed by atoms with Crippen molar-refractivity contribution in [1.29, 1.82) is 0 Å². The maximum absolute atomic E-state index is 11.0. The van der Waals surface area contributed by atoms with Crippen LogP contribution in [0.15, 0.2) is 17.5 Å². The SMILES string of the molecule is CC(C)(COCc1cccs1)CS(=O)(=O)Cl. The molecular weight excluding hydrogens is 268 g/mol. The van der Waals surface area contributed by atoms with Crippen molar-refractivity contribution < 1.29 is 13.2 Å². The molecule has 1 rings (SSSR count). The first-order valence-electron chi connectivity index (χ1n) is 4.81. The zero-order chi connectivity index (χ0) is 12.2. The zero-order valence-corrected chi connectivity index (χ0v) is 11.7. The molecule has 0 aliphatic heterocycles. The summed E-state index contributed by atoms with van der Waals surface area (Å²) < 4.78 is 27.4. The van der Waals surface area contributed by atoms with E-state index in [0.717, 1.165) is 4.88 Å². The normalized spacial score (nSPS) is 12.9. The summed E-state index contributed by atoms with van der Waals surface area (Å²) in [6, 6.07) is 3.94. The van der Waals surface area contributed by atoms with E-state index in [1.165, 1.54) is 0 Å². The molecule has 0 spiro atoms. The van der Waals surface area contributed by atoms with Crippen LogP contribution in [0.1, 0.15) is 18.7 Å². The summed E-state index contributed by atoms with van der Waals surface area (Å²) in [5.41, 5.74) is -0.460. The largest absolute Gasteiger partial charge is 0.375 e. The average molecular weight is 283 g/mol. The fourth-order valence-electron chi connectivity index (χ4n) is 1.33. The fourth-order valence-corrected chi connectivity index (χ4v) is 3.87. The number of ether oxygens (including phenoxy) is 1. The first-order chi connectivity index (χ1) is 7.29. The van der Waals surface area contributed by atoms with E-state index in [2.05, 4.69) is 0 Å². The molecule has 0 amide bonds. The minimum Gasteiger partial charge on any atom is -0.375 e. The van der Waals surface area contributed by atoms with Crippen molar-refractivity contribution in [1.82, 2.24) is 0 Å². The Morgan fingerprint density at radius 1 is 1.50 bits per heavy atom. The number of hydrogen-bond acceptors (Lipinski definition) is 4. The van der Waals surface area contributed by atoms with Gasteiger partial charge in [0.2, 0.25) is 9.05 Å². The molecule has 0 aromatic carbocycles. The molecule has 0 saturated heterocycles. The van der Waals surface area contributed by atoms with E-state index in [1.807, 2.05) is 31.4 Å². The summed E-state index contributed by atoms with van der Waals surface area (Å²) in [7, 11) is 1.74. The van der Waals surface area contributed by atoms with Gasteiger partial charge in [0.15, 0.2) is 0 Å². The Morgan fingerprint density at radius 3 is 2.69 bits per heavy atom. The van der Waals surface area contributed by atoms with E-state index in [-0.39, 0.29) is 5.75 Å². The van der Waals surface area contributed by atoms with Gasteiger partial charge in [0.05, 0.1) is 19.0 Å². The van der Waals surface area contributed by atoms with E-state index in [1.54, 1.807) is 11.3 Å². The van der Waals surface area contributed by atoms with Crippen LogP contribution >= 0.6 is 22.0 Å². The molecule has 0 N–H and O–H groups in total. The third-order valence-corrected chi connectivity index (χ3v) is 4.18. The molecule has 0 atom stereocenters. The molecule has 1 aromatic heterocycles. The van der Waals surface area contributed by atoms with E-state index >= 15 is 0 Å². The zero-order valence-electron chi connectivity index (χ0n) is 9.27. The Balaban J connectivity index is 2.36. The van der Waals surface area contributed by atoms with Crippen LogP contribution < -0.4 is 0 Å². The highest BCUT2D eigenvalue weighted by Gasteiger charge is 2.25. The molecule has 0 unspecified atom stereocenters. The maximum atomic E-state index is 11.0. The monoisotopic (exact) mass is 282 g/mol. The second kappa shape index (κ2) is 5.49. The minimum absolute atomic E-state index is 0.0774. The van der Waals surface area contributed by atoms with Gasteiger partial charge in [-0.05, 0) is 11.4 Å². The van der Waals surface area contributed by atoms with Crippen molar-refractivity contribution in [3.63, 3.8) is 0 Å². The number of hydrogen-bond donors (Lipinski definition) is 0. The molecule has 0 fully saturated rings. The van der Waals surface area contributed by atoms with Crippen molar-refractivity contribution in [3.8, 4) is 0 Å². The molecule has 6 heteroatoms. The number of rotatable bonds is 6. The summed E-state index contributed by atoms with van der Waals surface area (Å²) in [5.74, 6) is -0.0774. The van der Waals surface area contributed by atoms with Crippen LogP contribution in [-0.2, 0) is 20.4 Å². The van der Waals surface area contributed by atoms with Gasteiger partial charge in [-0.3, -0.25) is 0 Å². The highest BCUT2D eigenvalue weighted by atomic mass is 35.7. The lowest BCUT2D eigenvalue weighted by molar-refractivity contribution is 0.0629. The van der Waals surface area contributed by atoms with Crippen molar-refractivity contribution in [3.05, 3.63) is 22.4 Å². The summed E-state index contributed by atoms with van der Waals surface area (Å²) in [5, 5.41) is 1.98. The van der Waals surface area contributed by atoms with Crippen LogP contribution in [0.2, 0.25) is 0 Å². The van der Waals surface area contributed by atoms with E-state index in [0.29, 0.717) is 13.2 Å². The van der Waals surface area contributed by atoms with Crippen LogP contribution in [0.3, 0.4) is 0 Å². The molecule has 0 aliphatic carbocycles. The quantitative estimate of drug-likeness (QED) is 0.754. The molecule has 16 heavy (non-hydrogen) atoms. The van der Waals surface area contributed by atoms with E-state index in [4.69, 9.17) is 15.4 Å². The van der Waals surface area contributed by atoms with Gasteiger partial charge in [0.25, 0.3) is 0 Å². The lowest BCUT2D eigenvalue weighted by Crippen LogP contribution is -2.26. The Kier molecular flexibility index (Phi) is 4.79. The third-order valence-electron chi connectivity index (χ3n) is 1.88. The molecular formula is C10H15ClO3S2. The predicted octanol–water partition coefficient (Wildman–Crippen LogP) is 2.86. The Bertz CT molecular complexity index is 409. The minimum atomic E-state index is -3.47. The first-order valence-corrected chi connectivity index (χ1v) is 8.17. The van der Waals surface area contributed by atoms with Crippen LogP contribution in [-0.4, -0.2) is 20.8 Å². The van der Waals surface area contributed by atoms with Crippen LogP contribution in [0.4, 0.5) is 0 Å². The second-order valence-corrected chi connectivity index (χ2v) is 8.23. The molecule has 3 nitrogen and oxygen atoms in total.